The number of nitrogens with two attached hydrogens (primary N) is 1. The highest BCUT2D eigenvalue weighted by Gasteiger charge is 2.46. The molecule has 0 fully saturated rings. The van der Waals surface area contributed by atoms with Crippen LogP contribution in [0.25, 0.3) is 5.52 Å². The molecule has 16 heteroatoms. The second-order valence-corrected chi connectivity index (χ2v) is 15.8. The zero-order valence-corrected chi connectivity index (χ0v) is 33.8. The van der Waals surface area contributed by atoms with Crippen molar-refractivity contribution in [2.24, 2.45) is 0 Å². The first kappa shape index (κ1) is 46.9. The summed E-state index contributed by atoms with van der Waals surface area (Å²) in [4.78, 5) is 14.5. The summed E-state index contributed by atoms with van der Waals surface area (Å²) in [5.74, 6) is -0.469. The van der Waals surface area contributed by atoms with Crippen LogP contribution in [0.2, 0.25) is 0 Å². The van der Waals surface area contributed by atoms with Crippen molar-refractivity contribution in [3.8, 4) is 12.1 Å². The van der Waals surface area contributed by atoms with Crippen LogP contribution in [0.15, 0.2) is 36.7 Å². The van der Waals surface area contributed by atoms with Crippen molar-refractivity contribution in [3.05, 3.63) is 59.3 Å². The molecule has 0 spiro atoms. The number of ether oxygens (including phenoxy) is 2. The number of aromatic nitrogens is 3. The highest BCUT2D eigenvalue weighted by atomic mass is 31.2. The highest BCUT2D eigenvalue weighted by molar-refractivity contribution is 7.47. The zero-order chi connectivity index (χ0) is 40.8. The Bertz CT molecular complexity index is 1730. The Labute approximate surface area is 330 Å². The third kappa shape index (κ3) is 15.4. The molecule has 1 aromatic carbocycles. The third-order valence-corrected chi connectivity index (χ3v) is 10.9. The number of fused-ring (bicyclic) bond motifs is 1. The van der Waals surface area contributed by atoms with E-state index in [1.165, 1.54) is 106 Å². The van der Waals surface area contributed by atoms with Gasteiger partial charge in [0.05, 0.1) is 36.6 Å². The van der Waals surface area contributed by atoms with Crippen LogP contribution in [0.5, 0.6) is 0 Å². The summed E-state index contributed by atoms with van der Waals surface area (Å²) in [6, 6.07) is 10.5. The molecule has 5 atom stereocenters. The summed E-state index contributed by atoms with van der Waals surface area (Å²) in [7, 11) is -3.81. The molecular weight excluding hydrogens is 742 g/mol. The molecular formula is C40H60FN6O8P. The highest BCUT2D eigenvalue weighted by Crippen LogP contribution is 2.45. The van der Waals surface area contributed by atoms with Gasteiger partial charge in [-0.3, -0.25) is 9.05 Å². The average Bonchev–Trinajstić information content (AvgIpc) is 3.64. The predicted molar refractivity (Wildman–Crippen MR) is 209 cm³/mol. The number of halogens is 1. The minimum atomic E-state index is -4.89. The van der Waals surface area contributed by atoms with E-state index in [2.05, 4.69) is 17.0 Å². The Morgan fingerprint density at radius 1 is 0.929 bits per heavy atom. The van der Waals surface area contributed by atoms with Crippen molar-refractivity contribution in [1.29, 1.82) is 10.5 Å². The molecule has 5 N–H and O–H groups in total. The van der Waals surface area contributed by atoms with Gasteiger partial charge in [0.1, 0.15) is 42.5 Å². The molecule has 0 amide bonds. The minimum absolute atomic E-state index is 0.0518. The lowest BCUT2D eigenvalue weighted by Gasteiger charge is -2.33. The number of hydrogen-bond acceptors (Lipinski definition) is 12. The van der Waals surface area contributed by atoms with Crippen molar-refractivity contribution in [3.63, 3.8) is 0 Å². The van der Waals surface area contributed by atoms with Crippen LogP contribution in [0, 0.1) is 28.5 Å². The Balaban J connectivity index is 1.50. The largest absolute Gasteiger partial charge is 0.472 e. The maximum absolute atomic E-state index is 14.1. The van der Waals surface area contributed by atoms with Gasteiger partial charge in [-0.25, -0.2) is 18.5 Å². The number of benzene rings is 1. The van der Waals surface area contributed by atoms with Gasteiger partial charge in [0.2, 0.25) is 5.60 Å². The van der Waals surface area contributed by atoms with Gasteiger partial charge in [0.15, 0.2) is 5.82 Å². The van der Waals surface area contributed by atoms with Crippen LogP contribution in [-0.2, 0) is 29.7 Å². The van der Waals surface area contributed by atoms with Crippen molar-refractivity contribution in [2.45, 2.75) is 147 Å². The SMILES string of the molecule is CCCCCCCCCCCCCCCCCC[C@@H](COP(=O)(O)OCC(C#N)(OC)[C@@H](O)[C@@H](O)c1ccc2c(N)ncnn12)OCc1cc(F)cc(C#N)c1. The van der Waals surface area contributed by atoms with Gasteiger partial charge in [0, 0.05) is 7.11 Å². The molecule has 2 aromatic heterocycles. The first-order valence-corrected chi connectivity index (χ1v) is 21.3. The number of phosphoric acid groups is 1. The van der Waals surface area contributed by atoms with Crippen LogP contribution in [0.1, 0.15) is 139 Å². The molecule has 0 aliphatic rings. The van der Waals surface area contributed by atoms with Gasteiger partial charge in [-0.15, -0.1) is 0 Å². The molecule has 0 aliphatic heterocycles. The lowest BCUT2D eigenvalue weighted by Crippen LogP contribution is -2.50. The molecule has 310 valence electrons. The number of nitrogens with zero attached hydrogens (tertiary/aromatic N) is 5. The quantitative estimate of drug-likeness (QED) is 0.0371. The normalized spacial score (nSPS) is 15.4. The summed E-state index contributed by atoms with van der Waals surface area (Å²) in [5, 5.41) is 45.4. The van der Waals surface area contributed by atoms with E-state index in [1.54, 1.807) is 6.07 Å². The fourth-order valence-corrected chi connectivity index (χ4v) is 7.35. The zero-order valence-electron chi connectivity index (χ0n) is 32.9. The Kier molecular flexibility index (Phi) is 20.9. The summed E-state index contributed by atoms with van der Waals surface area (Å²) < 4.78 is 50.1. The lowest BCUT2D eigenvalue weighted by atomic mass is 9.93. The molecule has 0 saturated heterocycles. The van der Waals surface area contributed by atoms with E-state index in [9.17, 15) is 34.6 Å². The molecule has 0 saturated carbocycles. The second-order valence-electron chi connectivity index (χ2n) is 14.3. The van der Waals surface area contributed by atoms with E-state index >= 15 is 0 Å². The fourth-order valence-electron chi connectivity index (χ4n) is 6.56. The fraction of sp³-hybridized carbons (Fsp3) is 0.650. The third-order valence-electron chi connectivity index (χ3n) is 9.96. The minimum Gasteiger partial charge on any atom is -0.386 e. The number of anilines is 1. The number of aliphatic hydroxyl groups is 2. The molecule has 56 heavy (non-hydrogen) atoms. The Morgan fingerprint density at radius 3 is 2.11 bits per heavy atom. The molecule has 2 unspecified atom stereocenters. The number of rotatable bonds is 30. The predicted octanol–water partition coefficient (Wildman–Crippen LogP) is 8.00. The molecule has 3 aromatic rings. The summed E-state index contributed by atoms with van der Waals surface area (Å²) in [6.45, 7) is 0.818. The monoisotopic (exact) mass is 802 g/mol. The summed E-state index contributed by atoms with van der Waals surface area (Å²) in [6.07, 6.45) is 16.6. The molecule has 2 heterocycles. The topological polar surface area (TPSA) is 218 Å². The number of nitriles is 2. The van der Waals surface area contributed by atoms with E-state index in [0.717, 1.165) is 45.2 Å². The van der Waals surface area contributed by atoms with E-state index < -0.39 is 44.2 Å². The summed E-state index contributed by atoms with van der Waals surface area (Å²) >= 11 is 0. The van der Waals surface area contributed by atoms with Crippen LogP contribution in [0.3, 0.4) is 0 Å². The van der Waals surface area contributed by atoms with Crippen molar-refractivity contribution in [1.82, 2.24) is 14.6 Å². The summed E-state index contributed by atoms with van der Waals surface area (Å²) in [5.41, 5.74) is 4.49. The van der Waals surface area contributed by atoms with Gasteiger partial charge in [-0.05, 0) is 42.3 Å². The molecule has 0 radical (unpaired) electrons. The number of nitrogen functional groups attached to an aromatic ring is 1. The van der Waals surface area contributed by atoms with Crippen LogP contribution < -0.4 is 5.73 Å². The van der Waals surface area contributed by atoms with E-state index in [-0.39, 0.29) is 30.3 Å². The molecule has 0 aliphatic carbocycles. The van der Waals surface area contributed by atoms with Gasteiger partial charge >= 0.3 is 7.82 Å². The van der Waals surface area contributed by atoms with Crippen molar-refractivity contribution >= 4 is 19.2 Å². The lowest BCUT2D eigenvalue weighted by molar-refractivity contribution is -0.134. The Hall–Kier alpha value is -3.50. The van der Waals surface area contributed by atoms with Crippen molar-refractivity contribution < 1.29 is 42.6 Å². The molecule has 14 nitrogen and oxygen atoms in total. The number of hydrogen-bond donors (Lipinski definition) is 4. The smallest absolute Gasteiger partial charge is 0.386 e. The molecule has 3 rings (SSSR count). The maximum Gasteiger partial charge on any atom is 0.472 e. The Morgan fingerprint density at radius 2 is 1.54 bits per heavy atom. The average molecular weight is 803 g/mol. The first-order chi connectivity index (χ1) is 27.0. The number of methoxy groups -OCH3 is 1. The van der Waals surface area contributed by atoms with Gasteiger partial charge in [-0.2, -0.15) is 15.6 Å². The molecule has 0 bridgehead atoms. The van der Waals surface area contributed by atoms with E-state index in [4.69, 9.17) is 24.3 Å². The number of unbranched alkanes of at least 4 members (excludes halogenated alkanes) is 15. The van der Waals surface area contributed by atoms with Crippen molar-refractivity contribution in [2.75, 3.05) is 26.1 Å². The van der Waals surface area contributed by atoms with Crippen LogP contribution in [-0.4, -0.2) is 67.8 Å². The van der Waals surface area contributed by atoms with Gasteiger partial charge in [-0.1, -0.05) is 110 Å². The van der Waals surface area contributed by atoms with Gasteiger partial charge < -0.3 is 30.3 Å². The second kappa shape index (κ2) is 25.0. The number of aliphatic hydroxyl groups excluding tert-OH is 2. The van der Waals surface area contributed by atoms with Crippen LogP contribution in [0.4, 0.5) is 10.2 Å². The van der Waals surface area contributed by atoms with E-state index in [1.807, 2.05) is 6.07 Å². The van der Waals surface area contributed by atoms with E-state index in [0.29, 0.717) is 17.5 Å². The number of phosphoric ester groups is 1. The maximum atomic E-state index is 14.1. The van der Waals surface area contributed by atoms with Gasteiger partial charge in [0.25, 0.3) is 0 Å². The van der Waals surface area contributed by atoms with Crippen LogP contribution >= 0.6 is 7.82 Å². The first-order valence-electron chi connectivity index (χ1n) is 19.8. The standard InChI is InChI=1S/C40H60FN6O8P/c1-3-4-5-6-7-8-9-10-11-12-13-14-15-16-17-18-19-34(53-26-32-22-31(25-42)23-33(41)24-32)27-54-56(50,51)55-29-40(28-43,52-2)38(49)37(48)35-20-21-36-39(44)45-30-46-47(35)36/h20-24,30,34,37-38,48-49H,3-19,26-27,29H2,1-2H3,(H,50,51)(H2,44,45,46)/t34-,37-,38-,40?/m0/s1.